The van der Waals surface area contributed by atoms with Crippen molar-refractivity contribution in [2.75, 3.05) is 6.61 Å². The average molecular weight is 222 g/mol. The monoisotopic (exact) mass is 222 g/mol. The number of hydrogen-bond acceptors (Lipinski definition) is 3. The summed E-state index contributed by atoms with van der Waals surface area (Å²) in [5.74, 6) is 0. The second-order valence-corrected chi connectivity index (χ2v) is 4.10. The first-order valence-electron chi connectivity index (χ1n) is 5.80. The van der Waals surface area contributed by atoms with E-state index in [0.29, 0.717) is 6.61 Å². The van der Waals surface area contributed by atoms with Crippen molar-refractivity contribution in [1.29, 1.82) is 0 Å². The van der Waals surface area contributed by atoms with E-state index in [4.69, 9.17) is 14.6 Å². The van der Waals surface area contributed by atoms with Crippen LogP contribution in [0.2, 0.25) is 0 Å². The smallest absolute Gasteiger partial charge is 0.158 e. The van der Waals surface area contributed by atoms with Gasteiger partial charge in [-0.05, 0) is 24.8 Å². The molecule has 2 rings (SSSR count). The molecule has 0 radical (unpaired) electrons. The number of ether oxygens (including phenoxy) is 2. The lowest BCUT2D eigenvalue weighted by Crippen LogP contribution is -2.31. The molecule has 0 spiro atoms. The molecule has 1 aromatic rings. The van der Waals surface area contributed by atoms with Crippen LogP contribution in [0, 0.1) is 0 Å². The Morgan fingerprint density at radius 2 is 2.06 bits per heavy atom. The summed E-state index contributed by atoms with van der Waals surface area (Å²) in [6.07, 6.45) is 2.70. The third kappa shape index (κ3) is 3.30. The van der Waals surface area contributed by atoms with E-state index in [1.807, 2.05) is 30.3 Å². The molecule has 0 aromatic heterocycles. The maximum Gasteiger partial charge on any atom is 0.158 e. The van der Waals surface area contributed by atoms with Gasteiger partial charge in [0.2, 0.25) is 0 Å². The molecule has 2 unspecified atom stereocenters. The minimum absolute atomic E-state index is 0.0467. The molecular formula is C13H18O3. The third-order valence-electron chi connectivity index (χ3n) is 2.79. The maximum atomic E-state index is 9.01. The van der Waals surface area contributed by atoms with Crippen molar-refractivity contribution in [2.24, 2.45) is 0 Å². The molecule has 2 atom stereocenters. The lowest BCUT2D eigenvalue weighted by molar-refractivity contribution is -0.206. The van der Waals surface area contributed by atoms with Crippen LogP contribution >= 0.6 is 0 Å². The molecule has 1 saturated heterocycles. The first kappa shape index (κ1) is 11.6. The highest BCUT2D eigenvalue weighted by Gasteiger charge is 2.21. The van der Waals surface area contributed by atoms with Crippen molar-refractivity contribution in [3.8, 4) is 0 Å². The lowest BCUT2D eigenvalue weighted by atomic mass is 10.1. The molecule has 1 heterocycles. The second-order valence-electron chi connectivity index (χ2n) is 4.10. The summed E-state index contributed by atoms with van der Waals surface area (Å²) in [6, 6.07) is 10.1. The normalized spacial score (nSPS) is 25.6. The van der Waals surface area contributed by atoms with Gasteiger partial charge in [-0.1, -0.05) is 30.3 Å². The number of aliphatic hydroxyl groups excluding tert-OH is 1. The van der Waals surface area contributed by atoms with E-state index in [-0.39, 0.29) is 19.0 Å². The van der Waals surface area contributed by atoms with Crippen LogP contribution in [-0.4, -0.2) is 24.1 Å². The quantitative estimate of drug-likeness (QED) is 0.847. The van der Waals surface area contributed by atoms with Gasteiger partial charge in [0, 0.05) is 0 Å². The van der Waals surface area contributed by atoms with Crippen LogP contribution in [0.4, 0.5) is 0 Å². The van der Waals surface area contributed by atoms with E-state index in [0.717, 1.165) is 24.8 Å². The summed E-state index contributed by atoms with van der Waals surface area (Å²) in [5, 5.41) is 9.01. The Hall–Kier alpha value is -0.900. The van der Waals surface area contributed by atoms with Crippen LogP contribution in [0.15, 0.2) is 30.3 Å². The molecule has 3 nitrogen and oxygen atoms in total. The number of benzene rings is 1. The van der Waals surface area contributed by atoms with E-state index < -0.39 is 0 Å². The Kier molecular flexibility index (Phi) is 4.34. The van der Waals surface area contributed by atoms with Gasteiger partial charge in [-0.3, -0.25) is 0 Å². The third-order valence-corrected chi connectivity index (χ3v) is 2.79. The fraction of sp³-hybridized carbons (Fsp3) is 0.538. The minimum atomic E-state index is -0.161. The van der Waals surface area contributed by atoms with Crippen molar-refractivity contribution < 1.29 is 14.6 Å². The predicted octanol–water partition coefficient (Wildman–Crippen LogP) is 2.09. The van der Waals surface area contributed by atoms with Crippen molar-refractivity contribution >= 4 is 0 Å². The Labute approximate surface area is 96.0 Å². The van der Waals surface area contributed by atoms with E-state index in [9.17, 15) is 0 Å². The van der Waals surface area contributed by atoms with Crippen molar-refractivity contribution in [2.45, 2.75) is 38.3 Å². The SMILES string of the molecule is OCC1CCCC(OCc2ccccc2)O1. The van der Waals surface area contributed by atoms with Crippen LogP contribution in [0.5, 0.6) is 0 Å². The van der Waals surface area contributed by atoms with Crippen LogP contribution in [0.25, 0.3) is 0 Å². The van der Waals surface area contributed by atoms with E-state index in [1.165, 1.54) is 0 Å². The van der Waals surface area contributed by atoms with Gasteiger partial charge < -0.3 is 14.6 Å². The van der Waals surface area contributed by atoms with Gasteiger partial charge in [0.05, 0.1) is 19.3 Å². The summed E-state index contributed by atoms with van der Waals surface area (Å²) in [7, 11) is 0. The summed E-state index contributed by atoms with van der Waals surface area (Å²) in [4.78, 5) is 0. The summed E-state index contributed by atoms with van der Waals surface area (Å²) in [5.41, 5.74) is 1.15. The number of hydrogen-bond donors (Lipinski definition) is 1. The molecule has 88 valence electrons. The van der Waals surface area contributed by atoms with Gasteiger partial charge in [0.15, 0.2) is 6.29 Å². The Morgan fingerprint density at radius 3 is 2.81 bits per heavy atom. The molecule has 1 aromatic carbocycles. The van der Waals surface area contributed by atoms with Crippen molar-refractivity contribution in [3.63, 3.8) is 0 Å². The fourth-order valence-corrected chi connectivity index (χ4v) is 1.88. The molecule has 16 heavy (non-hydrogen) atoms. The summed E-state index contributed by atoms with van der Waals surface area (Å²) in [6.45, 7) is 0.662. The molecule has 0 saturated carbocycles. The maximum absolute atomic E-state index is 9.01. The molecule has 0 amide bonds. The number of aliphatic hydroxyl groups is 1. The van der Waals surface area contributed by atoms with Crippen LogP contribution in [-0.2, 0) is 16.1 Å². The molecule has 0 aliphatic carbocycles. The largest absolute Gasteiger partial charge is 0.394 e. The molecule has 0 bridgehead atoms. The zero-order valence-corrected chi connectivity index (χ0v) is 9.34. The summed E-state index contributed by atoms with van der Waals surface area (Å²) >= 11 is 0. The average Bonchev–Trinajstić information content (AvgIpc) is 2.38. The van der Waals surface area contributed by atoms with E-state index in [1.54, 1.807) is 0 Å². The highest BCUT2D eigenvalue weighted by Crippen LogP contribution is 2.20. The highest BCUT2D eigenvalue weighted by molar-refractivity contribution is 5.13. The van der Waals surface area contributed by atoms with Crippen LogP contribution < -0.4 is 0 Å². The van der Waals surface area contributed by atoms with Gasteiger partial charge in [-0.15, -0.1) is 0 Å². The van der Waals surface area contributed by atoms with Crippen LogP contribution in [0.1, 0.15) is 24.8 Å². The number of rotatable bonds is 4. The Morgan fingerprint density at radius 1 is 1.25 bits per heavy atom. The Bertz CT molecular complexity index is 299. The molecule has 1 aliphatic heterocycles. The zero-order valence-electron chi connectivity index (χ0n) is 9.34. The van der Waals surface area contributed by atoms with Gasteiger partial charge in [-0.2, -0.15) is 0 Å². The molecule has 1 aliphatic rings. The van der Waals surface area contributed by atoms with Crippen LogP contribution in [0.3, 0.4) is 0 Å². The fourth-order valence-electron chi connectivity index (χ4n) is 1.88. The van der Waals surface area contributed by atoms with E-state index in [2.05, 4.69) is 0 Å². The minimum Gasteiger partial charge on any atom is -0.394 e. The summed E-state index contributed by atoms with van der Waals surface area (Å²) < 4.78 is 11.3. The predicted molar refractivity (Wildman–Crippen MR) is 60.8 cm³/mol. The van der Waals surface area contributed by atoms with Gasteiger partial charge in [-0.25, -0.2) is 0 Å². The second kappa shape index (κ2) is 5.99. The van der Waals surface area contributed by atoms with Gasteiger partial charge >= 0.3 is 0 Å². The zero-order chi connectivity index (χ0) is 11.2. The molecule has 1 N–H and O–H groups in total. The molecular weight excluding hydrogens is 204 g/mol. The molecule has 3 heteroatoms. The Balaban J connectivity index is 1.77. The van der Waals surface area contributed by atoms with E-state index >= 15 is 0 Å². The highest BCUT2D eigenvalue weighted by atomic mass is 16.7. The molecule has 1 fully saturated rings. The topological polar surface area (TPSA) is 38.7 Å². The standard InChI is InChI=1S/C13H18O3/c14-9-12-7-4-8-13(16-12)15-10-11-5-2-1-3-6-11/h1-3,5-6,12-14H,4,7-10H2. The van der Waals surface area contributed by atoms with Crippen molar-refractivity contribution in [1.82, 2.24) is 0 Å². The van der Waals surface area contributed by atoms with Gasteiger partial charge in [0.25, 0.3) is 0 Å². The first-order valence-corrected chi connectivity index (χ1v) is 5.80. The first-order chi connectivity index (χ1) is 7.88. The lowest BCUT2D eigenvalue weighted by Gasteiger charge is -2.28. The van der Waals surface area contributed by atoms with Crippen molar-refractivity contribution in [3.05, 3.63) is 35.9 Å². The van der Waals surface area contributed by atoms with Gasteiger partial charge in [0.1, 0.15) is 0 Å².